The SMILES string of the molecule is c1ccc2cc(CCCNCCCCNCCCNCCCc3ccc4ccccc4c3)ccc2c1. The zero-order valence-corrected chi connectivity index (χ0v) is 21.8. The van der Waals surface area contributed by atoms with E-state index in [1.807, 2.05) is 0 Å². The van der Waals surface area contributed by atoms with Crippen molar-refractivity contribution in [3.63, 3.8) is 0 Å². The first-order chi connectivity index (χ1) is 17.9. The number of unbranched alkanes of at least 4 members (excludes halogenated alkanes) is 1. The van der Waals surface area contributed by atoms with Crippen LogP contribution in [0.4, 0.5) is 0 Å². The van der Waals surface area contributed by atoms with E-state index in [0.717, 1.165) is 52.1 Å². The van der Waals surface area contributed by atoms with Gasteiger partial charge in [-0.3, -0.25) is 0 Å². The number of hydrogen-bond acceptors (Lipinski definition) is 3. The molecule has 0 amide bonds. The first-order valence-electron chi connectivity index (χ1n) is 14.0. The van der Waals surface area contributed by atoms with Gasteiger partial charge in [-0.05, 0) is 117 Å². The molecular weight excluding hydrogens is 438 g/mol. The molecule has 4 aromatic rings. The van der Waals surface area contributed by atoms with Gasteiger partial charge in [-0.2, -0.15) is 0 Å². The summed E-state index contributed by atoms with van der Waals surface area (Å²) in [6.07, 6.45) is 8.38. The van der Waals surface area contributed by atoms with Crippen LogP contribution in [0.25, 0.3) is 21.5 Å². The van der Waals surface area contributed by atoms with E-state index in [4.69, 9.17) is 0 Å². The summed E-state index contributed by atoms with van der Waals surface area (Å²) in [4.78, 5) is 0. The van der Waals surface area contributed by atoms with Crippen LogP contribution in [0.3, 0.4) is 0 Å². The van der Waals surface area contributed by atoms with Crippen molar-refractivity contribution in [3.8, 4) is 0 Å². The van der Waals surface area contributed by atoms with E-state index >= 15 is 0 Å². The Morgan fingerprint density at radius 1 is 0.361 bits per heavy atom. The highest BCUT2D eigenvalue weighted by Gasteiger charge is 1.98. The minimum atomic E-state index is 1.10. The van der Waals surface area contributed by atoms with Crippen LogP contribution in [0.5, 0.6) is 0 Å². The summed E-state index contributed by atoms with van der Waals surface area (Å²) < 4.78 is 0. The zero-order chi connectivity index (χ0) is 24.7. The number of fused-ring (bicyclic) bond motifs is 2. The minimum absolute atomic E-state index is 1.10. The van der Waals surface area contributed by atoms with E-state index in [-0.39, 0.29) is 0 Å². The number of hydrogen-bond donors (Lipinski definition) is 3. The third kappa shape index (κ3) is 9.05. The van der Waals surface area contributed by atoms with Gasteiger partial charge in [0.15, 0.2) is 0 Å². The lowest BCUT2D eigenvalue weighted by atomic mass is 10.0. The maximum absolute atomic E-state index is 3.61. The molecule has 0 atom stereocenters. The molecule has 0 aliphatic heterocycles. The minimum Gasteiger partial charge on any atom is -0.317 e. The number of rotatable bonds is 17. The molecule has 0 aliphatic rings. The second-order valence-corrected chi connectivity index (χ2v) is 9.88. The van der Waals surface area contributed by atoms with Crippen molar-refractivity contribution in [2.24, 2.45) is 0 Å². The maximum Gasteiger partial charge on any atom is -0.00368 e. The Morgan fingerprint density at radius 3 is 1.22 bits per heavy atom. The molecule has 0 unspecified atom stereocenters. The molecule has 0 spiro atoms. The molecule has 0 radical (unpaired) electrons. The Labute approximate surface area is 217 Å². The maximum atomic E-state index is 3.61. The van der Waals surface area contributed by atoms with Crippen LogP contribution in [0.15, 0.2) is 84.9 Å². The van der Waals surface area contributed by atoms with Crippen molar-refractivity contribution in [2.45, 2.75) is 44.9 Å². The Kier molecular flexibility index (Phi) is 11.3. The first-order valence-corrected chi connectivity index (χ1v) is 14.0. The van der Waals surface area contributed by atoms with Crippen LogP contribution in [0.1, 0.15) is 43.2 Å². The summed E-state index contributed by atoms with van der Waals surface area (Å²) in [6, 6.07) is 30.9. The van der Waals surface area contributed by atoms with Crippen molar-refractivity contribution in [2.75, 3.05) is 39.3 Å². The summed E-state index contributed by atoms with van der Waals surface area (Å²) in [5.74, 6) is 0. The monoisotopic (exact) mass is 481 g/mol. The molecular formula is C33H43N3. The fraction of sp³-hybridized carbons (Fsp3) is 0.394. The molecule has 3 N–H and O–H groups in total. The van der Waals surface area contributed by atoms with Crippen molar-refractivity contribution in [1.29, 1.82) is 0 Å². The fourth-order valence-corrected chi connectivity index (χ4v) is 4.84. The van der Waals surface area contributed by atoms with E-state index in [2.05, 4.69) is 101 Å². The molecule has 190 valence electrons. The van der Waals surface area contributed by atoms with E-state index in [0.29, 0.717) is 0 Å². The predicted octanol–water partition coefficient (Wildman–Crippen LogP) is 6.50. The lowest BCUT2D eigenvalue weighted by Crippen LogP contribution is -2.24. The van der Waals surface area contributed by atoms with E-state index in [1.54, 1.807) is 0 Å². The number of nitrogens with one attached hydrogen (secondary N) is 3. The average molecular weight is 482 g/mol. The van der Waals surface area contributed by atoms with Crippen molar-refractivity contribution < 1.29 is 0 Å². The zero-order valence-electron chi connectivity index (χ0n) is 21.8. The van der Waals surface area contributed by atoms with Crippen molar-refractivity contribution >= 4 is 21.5 Å². The van der Waals surface area contributed by atoms with Crippen LogP contribution in [-0.2, 0) is 12.8 Å². The van der Waals surface area contributed by atoms with E-state index < -0.39 is 0 Å². The highest BCUT2D eigenvalue weighted by atomic mass is 14.9. The van der Waals surface area contributed by atoms with Gasteiger partial charge in [0.05, 0.1) is 0 Å². The Hall–Kier alpha value is -2.72. The van der Waals surface area contributed by atoms with Crippen LogP contribution < -0.4 is 16.0 Å². The van der Waals surface area contributed by atoms with Crippen LogP contribution in [-0.4, -0.2) is 39.3 Å². The van der Waals surface area contributed by atoms with Gasteiger partial charge in [0.25, 0.3) is 0 Å². The summed E-state index contributed by atoms with van der Waals surface area (Å²) in [7, 11) is 0. The quantitative estimate of drug-likeness (QED) is 0.151. The van der Waals surface area contributed by atoms with E-state index in [9.17, 15) is 0 Å². The number of benzene rings is 4. The van der Waals surface area contributed by atoms with Crippen molar-refractivity contribution in [3.05, 3.63) is 96.1 Å². The molecule has 4 rings (SSSR count). The molecule has 0 aromatic heterocycles. The average Bonchev–Trinajstić information content (AvgIpc) is 2.92. The largest absolute Gasteiger partial charge is 0.317 e. The van der Waals surface area contributed by atoms with Gasteiger partial charge >= 0.3 is 0 Å². The van der Waals surface area contributed by atoms with Gasteiger partial charge < -0.3 is 16.0 Å². The summed E-state index contributed by atoms with van der Waals surface area (Å²) in [5, 5.41) is 16.1. The predicted molar refractivity (Wildman–Crippen MR) is 157 cm³/mol. The van der Waals surface area contributed by atoms with Gasteiger partial charge in [-0.1, -0.05) is 84.9 Å². The summed E-state index contributed by atoms with van der Waals surface area (Å²) in [6.45, 7) is 6.66. The summed E-state index contributed by atoms with van der Waals surface area (Å²) in [5.41, 5.74) is 2.88. The molecule has 0 heterocycles. The van der Waals surface area contributed by atoms with Crippen molar-refractivity contribution in [1.82, 2.24) is 16.0 Å². The highest BCUT2D eigenvalue weighted by Crippen LogP contribution is 2.17. The van der Waals surface area contributed by atoms with Gasteiger partial charge in [-0.25, -0.2) is 0 Å². The van der Waals surface area contributed by atoms with Gasteiger partial charge in [0.2, 0.25) is 0 Å². The second kappa shape index (κ2) is 15.4. The molecule has 0 fully saturated rings. The number of aryl methyl sites for hydroxylation is 2. The van der Waals surface area contributed by atoms with Gasteiger partial charge in [0.1, 0.15) is 0 Å². The lowest BCUT2D eigenvalue weighted by molar-refractivity contribution is 0.552. The smallest absolute Gasteiger partial charge is 0.00368 e. The molecule has 0 saturated heterocycles. The molecule has 0 saturated carbocycles. The third-order valence-corrected chi connectivity index (χ3v) is 6.93. The van der Waals surface area contributed by atoms with Crippen LogP contribution >= 0.6 is 0 Å². The third-order valence-electron chi connectivity index (χ3n) is 6.93. The van der Waals surface area contributed by atoms with Crippen LogP contribution in [0.2, 0.25) is 0 Å². The van der Waals surface area contributed by atoms with E-state index in [1.165, 1.54) is 64.8 Å². The topological polar surface area (TPSA) is 36.1 Å². The summed E-state index contributed by atoms with van der Waals surface area (Å²) >= 11 is 0. The lowest BCUT2D eigenvalue weighted by Gasteiger charge is -2.08. The molecule has 36 heavy (non-hydrogen) atoms. The fourth-order valence-electron chi connectivity index (χ4n) is 4.84. The molecule has 0 aliphatic carbocycles. The Morgan fingerprint density at radius 2 is 0.750 bits per heavy atom. The van der Waals surface area contributed by atoms with Crippen LogP contribution in [0, 0.1) is 0 Å². The normalized spacial score (nSPS) is 11.4. The molecule has 0 bridgehead atoms. The van der Waals surface area contributed by atoms with Gasteiger partial charge in [-0.15, -0.1) is 0 Å². The molecule has 3 heteroatoms. The Balaban J connectivity index is 0.911. The molecule has 3 nitrogen and oxygen atoms in total. The highest BCUT2D eigenvalue weighted by molar-refractivity contribution is 5.83. The Bertz CT molecular complexity index is 1080. The first kappa shape index (κ1) is 26.3. The molecule has 4 aromatic carbocycles. The van der Waals surface area contributed by atoms with Gasteiger partial charge in [0, 0.05) is 0 Å². The second-order valence-electron chi connectivity index (χ2n) is 9.88. The standard InChI is InChI=1S/C33H43N3/c1-3-14-32-26-28(16-18-30(32)12-1)10-7-22-34-20-5-6-21-35-24-9-25-36-23-8-11-29-17-19-31-13-2-4-15-33(31)27-29/h1-4,12-19,26-27,34-36H,5-11,20-25H2.